The van der Waals surface area contributed by atoms with Gasteiger partial charge < -0.3 is 16.2 Å². The topological polar surface area (TPSA) is 108 Å². The monoisotopic (exact) mass is 265 g/mol. The largest absolute Gasteiger partial charge is 0.494 e. The fourth-order valence-corrected chi connectivity index (χ4v) is 2.64. The predicted octanol–water partition coefficient (Wildman–Crippen LogP) is 0.328. The molecule has 1 aromatic rings. The first-order valence-corrected chi connectivity index (χ1v) is 6.54. The van der Waals surface area contributed by atoms with Crippen molar-refractivity contribution in [3.8, 4) is 5.88 Å². The molecular weight excluding hydrogens is 246 g/mol. The summed E-state index contributed by atoms with van der Waals surface area (Å²) in [5.74, 6) is -0.281. The molecule has 1 aliphatic rings. The maximum atomic E-state index is 12.0. The first-order valence-electron chi connectivity index (χ1n) is 6.54. The van der Waals surface area contributed by atoms with Crippen molar-refractivity contribution >= 4 is 5.91 Å². The quantitative estimate of drug-likeness (QED) is 0.629. The minimum atomic E-state index is -0.504. The lowest BCUT2D eigenvalue weighted by atomic mass is 9.98. The molecule has 0 aromatic carbocycles. The fraction of sp³-hybridized carbons (Fsp3) is 0.538. The number of nitrogens with one attached hydrogen (secondary N) is 2. The Bertz CT molecular complexity index is 506. The van der Waals surface area contributed by atoms with E-state index in [2.05, 4.69) is 10.3 Å². The Morgan fingerprint density at radius 3 is 2.74 bits per heavy atom. The van der Waals surface area contributed by atoms with Gasteiger partial charge in [0.05, 0.1) is 5.56 Å². The number of hydrogen-bond acceptors (Lipinski definition) is 4. The molecule has 1 fully saturated rings. The van der Waals surface area contributed by atoms with Crippen LogP contribution in [0.1, 0.15) is 36.0 Å². The van der Waals surface area contributed by atoms with Crippen LogP contribution >= 0.6 is 0 Å². The molecule has 1 aromatic heterocycles. The van der Waals surface area contributed by atoms with Gasteiger partial charge in [-0.25, -0.2) is 0 Å². The van der Waals surface area contributed by atoms with Crippen LogP contribution in [0.2, 0.25) is 0 Å². The molecule has 0 saturated heterocycles. The minimum absolute atomic E-state index is 0.0727. The Kier molecular flexibility index (Phi) is 4.21. The highest BCUT2D eigenvalue weighted by Gasteiger charge is 2.25. The first kappa shape index (κ1) is 13.6. The third kappa shape index (κ3) is 3.35. The Balaban J connectivity index is 2.08. The van der Waals surface area contributed by atoms with E-state index >= 15 is 0 Å². The van der Waals surface area contributed by atoms with E-state index in [1.165, 1.54) is 18.9 Å². The maximum absolute atomic E-state index is 12.0. The van der Waals surface area contributed by atoms with E-state index in [9.17, 15) is 14.7 Å². The van der Waals surface area contributed by atoms with Crippen molar-refractivity contribution in [3.63, 3.8) is 0 Å². The zero-order valence-electron chi connectivity index (χ0n) is 10.7. The summed E-state index contributed by atoms with van der Waals surface area (Å²) in [6, 6.07) is 2.33. The fourth-order valence-electron chi connectivity index (χ4n) is 2.64. The zero-order valence-corrected chi connectivity index (χ0v) is 10.7. The van der Waals surface area contributed by atoms with Gasteiger partial charge in [0.2, 0.25) is 0 Å². The van der Waals surface area contributed by atoms with Crippen LogP contribution in [0, 0.1) is 5.92 Å². The summed E-state index contributed by atoms with van der Waals surface area (Å²) in [6.45, 7) is 0.381. The number of rotatable bonds is 4. The van der Waals surface area contributed by atoms with Crippen LogP contribution in [0.4, 0.5) is 0 Å². The normalized spacial score (nSPS) is 17.3. The Hall–Kier alpha value is -1.82. The molecule has 1 saturated carbocycles. The number of carbonyl (C=O) groups is 1. The van der Waals surface area contributed by atoms with Crippen molar-refractivity contribution in [2.75, 3.05) is 6.54 Å². The number of H-pyrrole nitrogens is 1. The molecule has 1 atom stereocenters. The molecule has 0 radical (unpaired) electrons. The van der Waals surface area contributed by atoms with Crippen LogP contribution in [0.5, 0.6) is 5.88 Å². The van der Waals surface area contributed by atoms with Crippen LogP contribution in [0.25, 0.3) is 0 Å². The van der Waals surface area contributed by atoms with E-state index < -0.39 is 5.56 Å². The predicted molar refractivity (Wildman–Crippen MR) is 71.0 cm³/mol. The molecule has 1 amide bonds. The summed E-state index contributed by atoms with van der Waals surface area (Å²) in [7, 11) is 0. The molecule has 5 N–H and O–H groups in total. The summed E-state index contributed by atoms with van der Waals surface area (Å²) < 4.78 is 0. The number of aromatic hydroxyl groups is 1. The van der Waals surface area contributed by atoms with E-state index in [4.69, 9.17) is 5.73 Å². The second kappa shape index (κ2) is 5.88. The summed E-state index contributed by atoms with van der Waals surface area (Å²) in [6.07, 6.45) is 4.48. The highest BCUT2D eigenvalue weighted by atomic mass is 16.3. The van der Waals surface area contributed by atoms with Gasteiger partial charge in [-0.2, -0.15) is 0 Å². The van der Waals surface area contributed by atoms with Gasteiger partial charge in [0, 0.05) is 24.7 Å². The van der Waals surface area contributed by atoms with E-state index in [1.807, 2.05) is 0 Å². The van der Waals surface area contributed by atoms with E-state index in [0.717, 1.165) is 18.9 Å². The summed E-state index contributed by atoms with van der Waals surface area (Å²) in [5.41, 5.74) is 5.35. The standard InChI is InChI=1S/C13H19N3O3/c14-7-10(8-3-1-2-4-8)15-13(19)9-5-11(17)16-12(18)6-9/h5-6,8,10H,1-4,7,14H2,(H,15,19)(H2,16,17,18). The van der Waals surface area contributed by atoms with Crippen molar-refractivity contribution in [1.82, 2.24) is 10.3 Å². The third-order valence-electron chi connectivity index (χ3n) is 3.63. The molecule has 1 aliphatic carbocycles. The molecule has 2 rings (SSSR count). The Labute approximate surface area is 111 Å². The SMILES string of the molecule is NCC(NC(=O)c1cc(O)[nH]c(=O)c1)C1CCCC1. The van der Waals surface area contributed by atoms with Gasteiger partial charge in [0.25, 0.3) is 11.5 Å². The average molecular weight is 265 g/mol. The Morgan fingerprint density at radius 2 is 2.16 bits per heavy atom. The number of nitrogens with two attached hydrogens (primary N) is 1. The summed E-state index contributed by atoms with van der Waals surface area (Å²) in [4.78, 5) is 25.4. The van der Waals surface area contributed by atoms with Crippen molar-refractivity contribution in [2.45, 2.75) is 31.7 Å². The second-order valence-corrected chi connectivity index (χ2v) is 4.98. The molecule has 19 heavy (non-hydrogen) atoms. The number of amides is 1. The second-order valence-electron chi connectivity index (χ2n) is 4.98. The van der Waals surface area contributed by atoms with Crippen molar-refractivity contribution in [3.05, 3.63) is 28.0 Å². The number of aromatic amines is 1. The zero-order chi connectivity index (χ0) is 13.8. The van der Waals surface area contributed by atoms with E-state index in [1.54, 1.807) is 0 Å². The van der Waals surface area contributed by atoms with E-state index in [0.29, 0.717) is 12.5 Å². The van der Waals surface area contributed by atoms with Gasteiger partial charge >= 0.3 is 0 Å². The number of carbonyl (C=O) groups excluding carboxylic acids is 1. The number of aromatic nitrogens is 1. The van der Waals surface area contributed by atoms with Gasteiger partial charge in [-0.3, -0.25) is 14.6 Å². The molecule has 6 heteroatoms. The Morgan fingerprint density at radius 1 is 1.47 bits per heavy atom. The molecule has 1 unspecified atom stereocenters. The average Bonchev–Trinajstić information content (AvgIpc) is 2.88. The highest BCUT2D eigenvalue weighted by Crippen LogP contribution is 2.27. The van der Waals surface area contributed by atoms with E-state index in [-0.39, 0.29) is 23.4 Å². The lowest BCUT2D eigenvalue weighted by Gasteiger charge is -2.23. The van der Waals surface area contributed by atoms with Crippen LogP contribution in [0.3, 0.4) is 0 Å². The lowest BCUT2D eigenvalue weighted by Crippen LogP contribution is -2.44. The van der Waals surface area contributed by atoms with Crippen molar-refractivity contribution in [1.29, 1.82) is 0 Å². The first-order chi connectivity index (χ1) is 9.10. The lowest BCUT2D eigenvalue weighted by molar-refractivity contribution is 0.0923. The molecule has 0 bridgehead atoms. The van der Waals surface area contributed by atoms with Gasteiger partial charge in [0.15, 0.2) is 5.88 Å². The molecule has 6 nitrogen and oxygen atoms in total. The molecule has 0 spiro atoms. The van der Waals surface area contributed by atoms with Crippen molar-refractivity contribution in [2.24, 2.45) is 11.7 Å². The van der Waals surface area contributed by atoms with Gasteiger partial charge in [-0.05, 0) is 18.8 Å². The van der Waals surface area contributed by atoms with Crippen LogP contribution in [-0.2, 0) is 0 Å². The van der Waals surface area contributed by atoms with Crippen LogP contribution in [0.15, 0.2) is 16.9 Å². The van der Waals surface area contributed by atoms with Gasteiger partial charge in [-0.1, -0.05) is 12.8 Å². The molecule has 0 aliphatic heterocycles. The van der Waals surface area contributed by atoms with Crippen LogP contribution < -0.4 is 16.6 Å². The number of pyridine rings is 1. The van der Waals surface area contributed by atoms with Crippen molar-refractivity contribution < 1.29 is 9.90 Å². The summed E-state index contributed by atoms with van der Waals surface area (Å²) >= 11 is 0. The van der Waals surface area contributed by atoms with Crippen LogP contribution in [-0.4, -0.2) is 28.6 Å². The number of hydrogen-bond donors (Lipinski definition) is 4. The third-order valence-corrected chi connectivity index (χ3v) is 3.63. The highest BCUT2D eigenvalue weighted by molar-refractivity contribution is 5.94. The summed E-state index contributed by atoms with van der Waals surface area (Å²) in [5, 5.41) is 12.1. The minimum Gasteiger partial charge on any atom is -0.494 e. The molecule has 104 valence electrons. The van der Waals surface area contributed by atoms with Gasteiger partial charge in [0.1, 0.15) is 0 Å². The molecule has 1 heterocycles. The smallest absolute Gasteiger partial charge is 0.251 e. The molecular formula is C13H19N3O3. The van der Waals surface area contributed by atoms with Gasteiger partial charge in [-0.15, -0.1) is 0 Å². The maximum Gasteiger partial charge on any atom is 0.251 e.